The van der Waals surface area contributed by atoms with Crippen molar-refractivity contribution in [2.75, 3.05) is 17.3 Å². The van der Waals surface area contributed by atoms with Gasteiger partial charge in [-0.25, -0.2) is 4.98 Å². The molecule has 1 N–H and O–H groups in total. The fraction of sp³-hybridized carbons (Fsp3) is 0.304. The summed E-state index contributed by atoms with van der Waals surface area (Å²) in [7, 11) is 0. The number of carbonyl (C=O) groups excluding carboxylic acids is 3. The Kier molecular flexibility index (Phi) is 6.08. The van der Waals surface area contributed by atoms with Gasteiger partial charge < -0.3 is 4.57 Å². The van der Waals surface area contributed by atoms with Crippen molar-refractivity contribution in [1.29, 1.82) is 0 Å². The van der Waals surface area contributed by atoms with Crippen molar-refractivity contribution in [3.8, 4) is 0 Å². The minimum atomic E-state index is -0.908. The first-order valence-electron chi connectivity index (χ1n) is 10.3. The van der Waals surface area contributed by atoms with Crippen molar-refractivity contribution in [3.05, 3.63) is 59.7 Å². The third kappa shape index (κ3) is 3.83. The Morgan fingerprint density at radius 2 is 1.71 bits per heavy atom. The number of thioether (sulfide) groups is 1. The highest BCUT2D eigenvalue weighted by atomic mass is 32.2. The van der Waals surface area contributed by atoms with Crippen molar-refractivity contribution in [1.82, 2.24) is 14.5 Å². The molecule has 1 aromatic heterocycles. The summed E-state index contributed by atoms with van der Waals surface area (Å²) >= 11 is 1.56. The zero-order chi connectivity index (χ0) is 22.0. The van der Waals surface area contributed by atoms with Gasteiger partial charge in [-0.15, -0.1) is 0 Å². The molecule has 2 heterocycles. The lowest BCUT2D eigenvalue weighted by atomic mass is 10.1. The molecule has 7 nitrogen and oxygen atoms in total. The fourth-order valence-electron chi connectivity index (χ4n) is 3.91. The Hall–Kier alpha value is -3.13. The first-order valence-corrected chi connectivity index (χ1v) is 11.7. The minimum Gasteiger partial charge on any atom is -0.310 e. The number of imide groups is 1. The number of nitrogens with zero attached hydrogens (tertiary/aromatic N) is 3. The predicted molar refractivity (Wildman–Crippen MR) is 122 cm³/mol. The molecule has 0 bridgehead atoms. The van der Waals surface area contributed by atoms with Crippen molar-refractivity contribution < 1.29 is 14.4 Å². The summed E-state index contributed by atoms with van der Waals surface area (Å²) in [6.07, 6.45) is 3.17. The lowest BCUT2D eigenvalue weighted by Crippen LogP contribution is -2.47. The van der Waals surface area contributed by atoms with Gasteiger partial charge in [-0.05, 0) is 49.1 Å². The number of anilines is 1. The van der Waals surface area contributed by atoms with Gasteiger partial charge in [0.05, 0.1) is 22.2 Å². The molecule has 0 fully saturated rings. The number of hydrogen-bond acceptors (Lipinski definition) is 5. The maximum absolute atomic E-state index is 13.4. The molecular weight excluding hydrogens is 412 g/mol. The number of rotatable bonds is 8. The molecule has 3 aromatic rings. The first kappa shape index (κ1) is 21.1. The first-order chi connectivity index (χ1) is 15.1. The van der Waals surface area contributed by atoms with E-state index in [1.807, 2.05) is 35.1 Å². The lowest BCUT2D eigenvalue weighted by molar-refractivity contribution is -0.120. The Labute approximate surface area is 184 Å². The molecular formula is C23H24N4O3S. The van der Waals surface area contributed by atoms with Crippen LogP contribution in [0.2, 0.25) is 0 Å². The molecule has 31 heavy (non-hydrogen) atoms. The van der Waals surface area contributed by atoms with E-state index < -0.39 is 23.8 Å². The third-order valence-corrected chi connectivity index (χ3v) is 6.02. The minimum absolute atomic E-state index is 0.340. The normalized spacial score (nSPS) is 14.2. The van der Waals surface area contributed by atoms with Crippen LogP contribution >= 0.6 is 11.8 Å². The lowest BCUT2D eigenvalue weighted by Gasteiger charge is -2.25. The molecule has 0 saturated heterocycles. The van der Waals surface area contributed by atoms with Crippen LogP contribution in [0.15, 0.2) is 48.5 Å². The summed E-state index contributed by atoms with van der Waals surface area (Å²) in [4.78, 5) is 45.0. The van der Waals surface area contributed by atoms with Gasteiger partial charge in [0, 0.05) is 6.54 Å². The van der Waals surface area contributed by atoms with Gasteiger partial charge in [-0.1, -0.05) is 31.2 Å². The maximum atomic E-state index is 13.4. The number of fused-ring (bicyclic) bond motifs is 2. The van der Waals surface area contributed by atoms with Gasteiger partial charge >= 0.3 is 0 Å². The molecule has 4 rings (SSSR count). The van der Waals surface area contributed by atoms with Crippen LogP contribution in [0.3, 0.4) is 0 Å². The smallest absolute Gasteiger partial charge is 0.262 e. The highest BCUT2D eigenvalue weighted by Gasteiger charge is 2.42. The predicted octanol–water partition coefficient (Wildman–Crippen LogP) is 3.80. The van der Waals surface area contributed by atoms with Crippen molar-refractivity contribution in [3.63, 3.8) is 0 Å². The average molecular weight is 437 g/mol. The Bertz CT molecular complexity index is 1120. The van der Waals surface area contributed by atoms with E-state index in [1.165, 1.54) is 0 Å². The van der Waals surface area contributed by atoms with Gasteiger partial charge in [-0.2, -0.15) is 11.8 Å². The number of imidazole rings is 1. The number of aryl methyl sites for hydroxylation is 1. The summed E-state index contributed by atoms with van der Waals surface area (Å²) in [5.74, 6) is -0.195. The molecule has 1 aliphatic rings. The highest BCUT2D eigenvalue weighted by Crippen LogP contribution is 2.27. The standard InChI is InChI=1S/C23H24N4O3S/c1-3-13-26-18-11-7-6-10-17(18)24-23(26)25-20(28)19(12-14-31-2)27-21(29)15-8-4-5-9-16(15)22(27)30/h4-11,19H,3,12-14H2,1-2H3,(H,24,25,28). The molecule has 0 aliphatic carbocycles. The number of nitrogens with one attached hydrogen (secondary N) is 1. The molecule has 3 amide bonds. The van der Waals surface area contributed by atoms with E-state index in [-0.39, 0.29) is 0 Å². The van der Waals surface area contributed by atoms with E-state index in [2.05, 4.69) is 17.2 Å². The maximum Gasteiger partial charge on any atom is 0.262 e. The number of amides is 3. The number of aromatic nitrogens is 2. The topological polar surface area (TPSA) is 84.3 Å². The Balaban J connectivity index is 1.66. The van der Waals surface area contributed by atoms with E-state index in [0.717, 1.165) is 22.4 Å². The van der Waals surface area contributed by atoms with E-state index in [0.29, 0.717) is 35.8 Å². The second-order valence-electron chi connectivity index (χ2n) is 7.39. The zero-order valence-electron chi connectivity index (χ0n) is 17.5. The molecule has 0 spiro atoms. The monoisotopic (exact) mass is 436 g/mol. The summed E-state index contributed by atoms with van der Waals surface area (Å²) < 4.78 is 1.96. The number of hydrogen-bond donors (Lipinski definition) is 1. The molecule has 1 unspecified atom stereocenters. The van der Waals surface area contributed by atoms with Gasteiger partial charge in [0.25, 0.3) is 11.8 Å². The molecule has 1 aliphatic heterocycles. The fourth-order valence-corrected chi connectivity index (χ4v) is 4.37. The van der Waals surface area contributed by atoms with Crippen LogP contribution in [0.25, 0.3) is 11.0 Å². The molecule has 1 atom stereocenters. The average Bonchev–Trinajstić information content (AvgIpc) is 3.24. The van der Waals surface area contributed by atoms with Gasteiger partial charge in [-0.3, -0.25) is 24.6 Å². The van der Waals surface area contributed by atoms with Gasteiger partial charge in [0.2, 0.25) is 11.9 Å². The molecule has 0 radical (unpaired) electrons. The van der Waals surface area contributed by atoms with Gasteiger partial charge in [0.1, 0.15) is 6.04 Å². The number of benzene rings is 2. The second kappa shape index (κ2) is 8.93. The van der Waals surface area contributed by atoms with Crippen LogP contribution in [-0.4, -0.2) is 50.2 Å². The van der Waals surface area contributed by atoms with E-state index >= 15 is 0 Å². The van der Waals surface area contributed by atoms with Crippen LogP contribution in [0.5, 0.6) is 0 Å². The van der Waals surface area contributed by atoms with E-state index in [9.17, 15) is 14.4 Å². The van der Waals surface area contributed by atoms with Crippen molar-refractivity contribution >= 4 is 46.5 Å². The van der Waals surface area contributed by atoms with Crippen LogP contribution < -0.4 is 5.32 Å². The Morgan fingerprint density at radius 3 is 2.35 bits per heavy atom. The van der Waals surface area contributed by atoms with Crippen molar-refractivity contribution in [2.24, 2.45) is 0 Å². The summed E-state index contributed by atoms with van der Waals surface area (Å²) in [6.45, 7) is 2.75. The molecule has 8 heteroatoms. The van der Waals surface area contributed by atoms with E-state index in [1.54, 1.807) is 36.0 Å². The second-order valence-corrected chi connectivity index (χ2v) is 8.37. The number of para-hydroxylation sites is 2. The SMILES string of the molecule is CCCn1c(NC(=O)C(CCSC)N2C(=O)c3ccccc3C2=O)nc2ccccc21. The quantitative estimate of drug-likeness (QED) is 0.543. The zero-order valence-corrected chi connectivity index (χ0v) is 18.3. The Morgan fingerprint density at radius 1 is 1.06 bits per heavy atom. The highest BCUT2D eigenvalue weighted by molar-refractivity contribution is 7.98. The summed E-state index contributed by atoms with van der Waals surface area (Å²) in [6, 6.07) is 13.5. The molecule has 160 valence electrons. The van der Waals surface area contributed by atoms with Crippen LogP contribution in [0.1, 0.15) is 40.5 Å². The third-order valence-electron chi connectivity index (χ3n) is 5.37. The van der Waals surface area contributed by atoms with Gasteiger partial charge in [0.15, 0.2) is 0 Å². The summed E-state index contributed by atoms with van der Waals surface area (Å²) in [5.41, 5.74) is 2.40. The largest absolute Gasteiger partial charge is 0.310 e. The summed E-state index contributed by atoms with van der Waals surface area (Å²) in [5, 5.41) is 2.90. The van der Waals surface area contributed by atoms with Crippen LogP contribution in [0.4, 0.5) is 5.95 Å². The number of carbonyl (C=O) groups is 3. The van der Waals surface area contributed by atoms with Crippen molar-refractivity contribution in [2.45, 2.75) is 32.4 Å². The molecule has 0 saturated carbocycles. The van der Waals surface area contributed by atoms with Crippen LogP contribution in [-0.2, 0) is 11.3 Å². The van der Waals surface area contributed by atoms with Crippen LogP contribution in [0, 0.1) is 0 Å². The molecule has 2 aromatic carbocycles. The van der Waals surface area contributed by atoms with E-state index in [4.69, 9.17) is 0 Å².